The number of rotatable bonds is 4. The van der Waals surface area contributed by atoms with Crippen LogP contribution in [0.15, 0.2) is 36.7 Å². The van der Waals surface area contributed by atoms with Gasteiger partial charge in [0.1, 0.15) is 5.69 Å². The van der Waals surface area contributed by atoms with Crippen molar-refractivity contribution in [3.8, 4) is 0 Å². The topological polar surface area (TPSA) is 70.1 Å². The van der Waals surface area contributed by atoms with Gasteiger partial charge in [0.2, 0.25) is 0 Å². The van der Waals surface area contributed by atoms with E-state index in [0.717, 1.165) is 29.8 Å². The lowest BCUT2D eigenvalue weighted by atomic mass is 9.97. The Morgan fingerprint density at radius 2 is 2.11 bits per heavy atom. The molecule has 2 aromatic heterocycles. The van der Waals surface area contributed by atoms with Crippen LogP contribution in [0, 0.1) is 0 Å². The van der Waals surface area contributed by atoms with Gasteiger partial charge in [-0.2, -0.15) is 5.10 Å². The molecule has 0 unspecified atom stereocenters. The van der Waals surface area contributed by atoms with Crippen molar-refractivity contribution in [3.63, 3.8) is 0 Å². The molecule has 0 aliphatic carbocycles. The van der Waals surface area contributed by atoms with Gasteiger partial charge in [-0.15, -0.1) is 0 Å². The molecule has 28 heavy (non-hydrogen) atoms. The molecule has 2 saturated heterocycles. The third-order valence-electron chi connectivity index (χ3n) is 6.19. The number of amides is 1. The average molecular weight is 378 g/mol. The summed E-state index contributed by atoms with van der Waals surface area (Å²) in [4.78, 5) is 21.7. The third kappa shape index (κ3) is 3.09. The minimum absolute atomic E-state index is 0.0268. The minimum atomic E-state index is 0.0268. The molecule has 1 atom stereocenters. The van der Waals surface area contributed by atoms with Crippen LogP contribution in [0.2, 0.25) is 0 Å². The van der Waals surface area contributed by atoms with Crippen LogP contribution in [0.3, 0.4) is 0 Å². The summed E-state index contributed by atoms with van der Waals surface area (Å²) >= 11 is 0. The molecule has 146 valence electrons. The molecule has 7 heteroatoms. The zero-order chi connectivity index (χ0) is 19.1. The highest BCUT2D eigenvalue weighted by atomic mass is 16.2. The quantitative estimate of drug-likeness (QED) is 0.757. The number of aromatic amines is 1. The van der Waals surface area contributed by atoms with Crippen LogP contribution in [0.1, 0.15) is 42.4 Å². The van der Waals surface area contributed by atoms with Gasteiger partial charge in [-0.25, -0.2) is 4.98 Å². The molecule has 7 nitrogen and oxygen atoms in total. The summed E-state index contributed by atoms with van der Waals surface area (Å²) in [6.45, 7) is 5.73. The zero-order valence-corrected chi connectivity index (χ0v) is 16.2. The average Bonchev–Trinajstić information content (AvgIpc) is 3.30. The first-order chi connectivity index (χ1) is 13.7. The van der Waals surface area contributed by atoms with Crippen LogP contribution in [0.4, 0.5) is 0 Å². The SMILES string of the molecule is C[C@H]1CCCCN1C1CN(C(=O)c2cc(Cn3cnc4ccccc43)[nH]n2)C1. The molecule has 4 heterocycles. The summed E-state index contributed by atoms with van der Waals surface area (Å²) in [5, 5.41) is 7.29. The number of benzene rings is 1. The summed E-state index contributed by atoms with van der Waals surface area (Å²) in [6, 6.07) is 11.1. The maximum Gasteiger partial charge on any atom is 0.274 e. The molecule has 1 N–H and O–H groups in total. The van der Waals surface area contributed by atoms with Gasteiger partial charge in [0.25, 0.3) is 5.91 Å². The van der Waals surface area contributed by atoms with E-state index in [9.17, 15) is 4.79 Å². The Morgan fingerprint density at radius 3 is 2.96 bits per heavy atom. The fraction of sp³-hybridized carbons (Fsp3) is 0.476. The van der Waals surface area contributed by atoms with Crippen LogP contribution >= 0.6 is 0 Å². The number of H-pyrrole nitrogens is 1. The Labute approximate surface area is 164 Å². The van der Waals surface area contributed by atoms with E-state index in [0.29, 0.717) is 24.3 Å². The van der Waals surface area contributed by atoms with Gasteiger partial charge in [-0.1, -0.05) is 18.6 Å². The predicted molar refractivity (Wildman–Crippen MR) is 107 cm³/mol. The summed E-state index contributed by atoms with van der Waals surface area (Å²) in [5.41, 5.74) is 3.46. The van der Waals surface area contributed by atoms with Crippen LogP contribution in [0.25, 0.3) is 11.0 Å². The Balaban J connectivity index is 1.22. The lowest BCUT2D eigenvalue weighted by Crippen LogP contribution is -2.63. The first-order valence-corrected chi connectivity index (χ1v) is 10.2. The summed E-state index contributed by atoms with van der Waals surface area (Å²) in [7, 11) is 0. The number of fused-ring (bicyclic) bond motifs is 1. The van der Waals surface area contributed by atoms with Crippen molar-refractivity contribution >= 4 is 16.9 Å². The number of para-hydroxylation sites is 2. The lowest BCUT2D eigenvalue weighted by molar-refractivity contribution is 0.00181. The largest absolute Gasteiger partial charge is 0.334 e. The highest BCUT2D eigenvalue weighted by Gasteiger charge is 2.38. The summed E-state index contributed by atoms with van der Waals surface area (Å²) < 4.78 is 2.06. The maximum absolute atomic E-state index is 12.8. The number of nitrogens with one attached hydrogen (secondary N) is 1. The molecule has 1 aromatic carbocycles. The van der Waals surface area contributed by atoms with E-state index in [1.54, 1.807) is 0 Å². The van der Waals surface area contributed by atoms with Crippen LogP contribution < -0.4 is 0 Å². The molecule has 2 aliphatic rings. The van der Waals surface area contributed by atoms with Gasteiger partial charge in [0.15, 0.2) is 0 Å². The lowest BCUT2D eigenvalue weighted by Gasteiger charge is -2.49. The molecule has 0 radical (unpaired) electrons. The van der Waals surface area contributed by atoms with Crippen molar-refractivity contribution in [2.45, 2.75) is 44.8 Å². The monoisotopic (exact) mass is 378 g/mol. The summed E-state index contributed by atoms with van der Waals surface area (Å²) in [5.74, 6) is 0.0268. The first kappa shape index (κ1) is 17.4. The van der Waals surface area contributed by atoms with E-state index in [-0.39, 0.29) is 5.91 Å². The predicted octanol–water partition coefficient (Wildman–Crippen LogP) is 2.51. The highest BCUT2D eigenvalue weighted by molar-refractivity contribution is 5.93. The molecular weight excluding hydrogens is 352 g/mol. The molecule has 1 amide bonds. The van der Waals surface area contributed by atoms with Crippen molar-refractivity contribution in [2.75, 3.05) is 19.6 Å². The molecule has 0 spiro atoms. The van der Waals surface area contributed by atoms with Crippen molar-refractivity contribution < 1.29 is 4.79 Å². The Morgan fingerprint density at radius 1 is 1.25 bits per heavy atom. The Kier molecular flexibility index (Phi) is 4.39. The number of imidazole rings is 1. The number of piperidine rings is 1. The van der Waals surface area contributed by atoms with Gasteiger partial charge >= 0.3 is 0 Å². The van der Waals surface area contributed by atoms with E-state index in [2.05, 4.69) is 31.6 Å². The number of carbonyl (C=O) groups excluding carboxylic acids is 1. The summed E-state index contributed by atoms with van der Waals surface area (Å²) in [6.07, 6.45) is 5.71. The maximum atomic E-state index is 12.8. The number of hydrogen-bond acceptors (Lipinski definition) is 4. The fourth-order valence-electron chi connectivity index (χ4n) is 4.53. The number of nitrogens with zero attached hydrogens (tertiary/aromatic N) is 5. The molecule has 3 aromatic rings. The van der Waals surface area contributed by atoms with Crippen LogP contribution in [-0.2, 0) is 6.54 Å². The molecule has 2 fully saturated rings. The second-order valence-corrected chi connectivity index (χ2v) is 8.09. The number of aromatic nitrogens is 4. The van der Waals surface area contributed by atoms with Crippen molar-refractivity contribution in [3.05, 3.63) is 48.0 Å². The van der Waals surface area contributed by atoms with E-state index >= 15 is 0 Å². The van der Waals surface area contributed by atoms with E-state index in [4.69, 9.17) is 0 Å². The standard InChI is InChI=1S/C21H26N6O/c1-15-6-4-5-9-27(15)17-12-25(13-17)21(28)19-10-16(23-24-19)11-26-14-22-18-7-2-3-8-20(18)26/h2-3,7-8,10,14-15,17H,4-6,9,11-13H2,1H3,(H,23,24)/t15-/m0/s1. The Hall–Kier alpha value is -2.67. The van der Waals surface area contributed by atoms with Crippen LogP contribution in [-0.4, -0.2) is 67.2 Å². The normalized spacial score (nSPS) is 21.2. The van der Waals surface area contributed by atoms with Gasteiger partial charge in [0.05, 0.1) is 29.6 Å². The van der Waals surface area contributed by atoms with Crippen molar-refractivity contribution in [1.29, 1.82) is 0 Å². The zero-order valence-electron chi connectivity index (χ0n) is 16.2. The van der Waals surface area contributed by atoms with Crippen LogP contribution in [0.5, 0.6) is 0 Å². The molecular formula is C21H26N6O. The molecule has 5 rings (SSSR count). The number of carbonyl (C=O) groups is 1. The van der Waals surface area contributed by atoms with Gasteiger partial charge in [-0.05, 0) is 44.5 Å². The van der Waals surface area contributed by atoms with Crippen molar-refractivity contribution in [2.24, 2.45) is 0 Å². The van der Waals surface area contributed by atoms with Gasteiger partial charge in [0, 0.05) is 25.2 Å². The molecule has 2 aliphatic heterocycles. The molecule has 0 saturated carbocycles. The number of likely N-dealkylation sites (tertiary alicyclic amines) is 2. The fourth-order valence-corrected chi connectivity index (χ4v) is 4.53. The minimum Gasteiger partial charge on any atom is -0.334 e. The second-order valence-electron chi connectivity index (χ2n) is 8.09. The first-order valence-electron chi connectivity index (χ1n) is 10.2. The molecule has 0 bridgehead atoms. The second kappa shape index (κ2) is 7.05. The van der Waals surface area contributed by atoms with Crippen molar-refractivity contribution in [1.82, 2.24) is 29.5 Å². The van der Waals surface area contributed by atoms with Gasteiger partial charge in [-0.3, -0.25) is 14.8 Å². The highest BCUT2D eigenvalue weighted by Crippen LogP contribution is 2.25. The van der Waals surface area contributed by atoms with E-state index in [1.165, 1.54) is 25.8 Å². The smallest absolute Gasteiger partial charge is 0.274 e. The Bertz CT molecular complexity index is 986. The van der Waals surface area contributed by atoms with Gasteiger partial charge < -0.3 is 9.47 Å². The number of hydrogen-bond donors (Lipinski definition) is 1. The van der Waals surface area contributed by atoms with E-state index in [1.807, 2.05) is 41.6 Å². The van der Waals surface area contributed by atoms with E-state index < -0.39 is 0 Å². The third-order valence-corrected chi connectivity index (χ3v) is 6.19.